The fourth-order valence-electron chi connectivity index (χ4n) is 3.12. The van der Waals surface area contributed by atoms with Gasteiger partial charge in [-0.15, -0.1) is 0 Å². The number of likely N-dealkylation sites (tertiary alicyclic amines) is 1. The molecule has 0 aliphatic carbocycles. The molecule has 3 heteroatoms. The molecule has 1 heterocycles. The van der Waals surface area contributed by atoms with Gasteiger partial charge in [0.15, 0.2) is 0 Å². The molecule has 1 aliphatic rings. The standard InChI is InChI=1S/C18H21NO.Ac/c20-17-12-7-13-19(14-15-8-3-1-4-9-15)18(17)16-10-5-2-6-11-16;/h1-6,8-11,17-18,20H,7,12-14H2;. The normalized spacial score (nSPS) is 22.5. The molecule has 0 amide bonds. The first-order chi connectivity index (χ1) is 9.84. The maximum atomic E-state index is 10.4. The van der Waals surface area contributed by atoms with Gasteiger partial charge in [-0.3, -0.25) is 4.90 Å². The Morgan fingerprint density at radius 2 is 1.57 bits per heavy atom. The molecule has 0 spiro atoms. The molecule has 1 radical (unpaired) electrons. The summed E-state index contributed by atoms with van der Waals surface area (Å²) in [7, 11) is 0. The molecular formula is C18H21AcNO. The SMILES string of the molecule is OC1CCCN(Cc2ccccc2)C1c1ccccc1.[Ac]. The molecule has 107 valence electrons. The summed E-state index contributed by atoms with van der Waals surface area (Å²) < 4.78 is 0. The van der Waals surface area contributed by atoms with E-state index in [4.69, 9.17) is 0 Å². The average Bonchev–Trinajstić information content (AvgIpc) is 2.49. The zero-order chi connectivity index (χ0) is 13.8. The monoisotopic (exact) mass is 494 g/mol. The zero-order valence-corrected chi connectivity index (χ0v) is 17.0. The molecule has 2 unspecified atom stereocenters. The maximum absolute atomic E-state index is 10.4. The van der Waals surface area contributed by atoms with Crippen molar-refractivity contribution in [2.24, 2.45) is 0 Å². The van der Waals surface area contributed by atoms with E-state index in [1.54, 1.807) is 0 Å². The number of aliphatic hydroxyl groups excluding tert-OH is 1. The maximum Gasteiger partial charge on any atom is 0.0737 e. The van der Waals surface area contributed by atoms with Crippen molar-refractivity contribution in [3.63, 3.8) is 0 Å². The summed E-state index contributed by atoms with van der Waals surface area (Å²) in [4.78, 5) is 2.40. The number of piperidine rings is 1. The van der Waals surface area contributed by atoms with Gasteiger partial charge in [-0.1, -0.05) is 60.7 Å². The number of rotatable bonds is 3. The predicted octanol–water partition coefficient (Wildman–Crippen LogP) is 3.38. The van der Waals surface area contributed by atoms with Crippen LogP contribution in [0.4, 0.5) is 0 Å². The van der Waals surface area contributed by atoms with E-state index in [1.807, 2.05) is 12.1 Å². The second kappa shape index (κ2) is 8.44. The Labute approximate surface area is 162 Å². The molecule has 21 heavy (non-hydrogen) atoms. The van der Waals surface area contributed by atoms with Gasteiger partial charge in [0.2, 0.25) is 0 Å². The zero-order valence-electron chi connectivity index (χ0n) is 12.2. The topological polar surface area (TPSA) is 23.5 Å². The van der Waals surface area contributed by atoms with Crippen LogP contribution < -0.4 is 0 Å². The van der Waals surface area contributed by atoms with Crippen molar-refractivity contribution in [3.8, 4) is 0 Å². The van der Waals surface area contributed by atoms with Crippen molar-refractivity contribution in [2.45, 2.75) is 31.5 Å². The third-order valence-corrected chi connectivity index (χ3v) is 4.07. The molecule has 0 bridgehead atoms. The van der Waals surface area contributed by atoms with E-state index < -0.39 is 0 Å². The van der Waals surface area contributed by atoms with Crippen molar-refractivity contribution in [1.29, 1.82) is 0 Å². The molecule has 1 fully saturated rings. The van der Waals surface area contributed by atoms with Crippen molar-refractivity contribution in [3.05, 3.63) is 71.8 Å². The molecule has 2 aromatic rings. The minimum Gasteiger partial charge on any atom is -0.391 e. The summed E-state index contributed by atoms with van der Waals surface area (Å²) in [5.74, 6) is 0. The molecule has 1 N–H and O–H groups in total. The second-order valence-corrected chi connectivity index (χ2v) is 5.52. The van der Waals surface area contributed by atoms with Gasteiger partial charge >= 0.3 is 0 Å². The quantitative estimate of drug-likeness (QED) is 0.708. The van der Waals surface area contributed by atoms with Crippen LogP contribution in [0.2, 0.25) is 0 Å². The molecule has 3 rings (SSSR count). The minimum absolute atomic E-state index is 0. The number of benzene rings is 2. The van der Waals surface area contributed by atoms with Crippen molar-refractivity contribution >= 4 is 0 Å². The van der Waals surface area contributed by atoms with Gasteiger partial charge in [-0.05, 0) is 30.5 Å². The summed E-state index contributed by atoms with van der Waals surface area (Å²) in [6.45, 7) is 1.95. The van der Waals surface area contributed by atoms with Crippen molar-refractivity contribution < 1.29 is 49.2 Å². The van der Waals surface area contributed by atoms with Gasteiger partial charge in [-0.25, -0.2) is 0 Å². The molecule has 0 aromatic heterocycles. The third-order valence-electron chi connectivity index (χ3n) is 4.07. The number of aliphatic hydroxyl groups is 1. The summed E-state index contributed by atoms with van der Waals surface area (Å²) >= 11 is 0. The Kier molecular flexibility index (Phi) is 6.90. The largest absolute Gasteiger partial charge is 0.391 e. The van der Waals surface area contributed by atoms with Gasteiger partial charge in [0, 0.05) is 50.6 Å². The van der Waals surface area contributed by atoms with Gasteiger partial charge in [0.05, 0.1) is 12.1 Å². The van der Waals surface area contributed by atoms with E-state index in [1.165, 1.54) is 11.1 Å². The smallest absolute Gasteiger partial charge is 0.0737 e. The summed E-state index contributed by atoms with van der Waals surface area (Å²) in [6.07, 6.45) is 1.69. The first kappa shape index (κ1) is 17.2. The fourth-order valence-corrected chi connectivity index (χ4v) is 3.12. The van der Waals surface area contributed by atoms with Gasteiger partial charge in [0.1, 0.15) is 0 Å². The Hall–Kier alpha value is -0.198. The van der Waals surface area contributed by atoms with E-state index in [0.29, 0.717) is 0 Å². The van der Waals surface area contributed by atoms with Crippen LogP contribution in [0.5, 0.6) is 0 Å². The molecule has 2 atom stereocenters. The second-order valence-electron chi connectivity index (χ2n) is 5.52. The number of hydrogen-bond acceptors (Lipinski definition) is 2. The predicted molar refractivity (Wildman–Crippen MR) is 81.3 cm³/mol. The van der Waals surface area contributed by atoms with E-state index in [2.05, 4.69) is 53.4 Å². The van der Waals surface area contributed by atoms with E-state index in [-0.39, 0.29) is 56.2 Å². The van der Waals surface area contributed by atoms with Gasteiger partial charge in [-0.2, -0.15) is 0 Å². The van der Waals surface area contributed by atoms with Crippen LogP contribution in [0.25, 0.3) is 0 Å². The molecule has 2 nitrogen and oxygen atoms in total. The van der Waals surface area contributed by atoms with Crippen LogP contribution in [0.15, 0.2) is 60.7 Å². The fraction of sp³-hybridized carbons (Fsp3) is 0.333. The molecule has 0 saturated carbocycles. The number of hydrogen-bond donors (Lipinski definition) is 1. The van der Waals surface area contributed by atoms with Crippen LogP contribution in [0.3, 0.4) is 0 Å². The molecule has 1 aliphatic heterocycles. The third kappa shape index (κ3) is 4.39. The number of nitrogens with zero attached hydrogens (tertiary/aromatic N) is 1. The average molecular weight is 494 g/mol. The van der Waals surface area contributed by atoms with Crippen LogP contribution in [0.1, 0.15) is 30.0 Å². The molecule has 1 saturated heterocycles. The van der Waals surface area contributed by atoms with Gasteiger partial charge in [0.25, 0.3) is 0 Å². The van der Waals surface area contributed by atoms with Crippen LogP contribution in [0, 0.1) is 44.1 Å². The molecule has 2 aromatic carbocycles. The summed E-state index contributed by atoms with van der Waals surface area (Å²) in [5, 5.41) is 10.4. The van der Waals surface area contributed by atoms with Crippen molar-refractivity contribution in [1.82, 2.24) is 4.90 Å². The first-order valence-corrected chi connectivity index (χ1v) is 7.35. The van der Waals surface area contributed by atoms with Crippen LogP contribution >= 0.6 is 0 Å². The first-order valence-electron chi connectivity index (χ1n) is 7.35. The van der Waals surface area contributed by atoms with Crippen molar-refractivity contribution in [2.75, 3.05) is 6.54 Å². The minimum atomic E-state index is -0.269. The summed E-state index contributed by atoms with van der Waals surface area (Å²) in [6, 6.07) is 21.0. The Morgan fingerprint density at radius 3 is 2.24 bits per heavy atom. The summed E-state index contributed by atoms with van der Waals surface area (Å²) in [5.41, 5.74) is 2.53. The van der Waals surface area contributed by atoms with E-state index >= 15 is 0 Å². The Balaban J connectivity index is 0.00000161. The Bertz CT molecular complexity index is 531. The van der Waals surface area contributed by atoms with E-state index in [9.17, 15) is 5.11 Å². The van der Waals surface area contributed by atoms with E-state index in [0.717, 1.165) is 25.9 Å². The van der Waals surface area contributed by atoms with Gasteiger partial charge < -0.3 is 5.11 Å². The molecular weight excluding hydrogens is 473 g/mol. The Morgan fingerprint density at radius 1 is 0.952 bits per heavy atom. The van der Waals surface area contributed by atoms with Crippen LogP contribution in [-0.2, 0) is 6.54 Å². The van der Waals surface area contributed by atoms with Crippen LogP contribution in [-0.4, -0.2) is 22.7 Å².